The summed E-state index contributed by atoms with van der Waals surface area (Å²) < 4.78 is 10.1. The third-order valence-electron chi connectivity index (χ3n) is 2.10. The Hall–Kier alpha value is -1.08. The van der Waals surface area contributed by atoms with E-state index in [0.29, 0.717) is 5.22 Å². The van der Waals surface area contributed by atoms with Gasteiger partial charge in [-0.2, -0.15) is 0 Å². The van der Waals surface area contributed by atoms with Gasteiger partial charge < -0.3 is 14.3 Å². The van der Waals surface area contributed by atoms with Gasteiger partial charge in [0.05, 0.1) is 13.2 Å². The smallest absolute Gasteiger partial charge is 0.324 e. The van der Waals surface area contributed by atoms with Crippen molar-refractivity contribution in [3.05, 3.63) is 5.89 Å². The van der Waals surface area contributed by atoms with Gasteiger partial charge in [-0.1, -0.05) is 11.8 Å². The van der Waals surface area contributed by atoms with Crippen LogP contribution in [-0.4, -0.2) is 40.7 Å². The van der Waals surface area contributed by atoms with E-state index in [1.807, 2.05) is 0 Å². The first-order chi connectivity index (χ1) is 6.69. The van der Waals surface area contributed by atoms with Crippen LogP contribution in [0.1, 0.15) is 5.89 Å². The van der Waals surface area contributed by atoms with E-state index in [-0.39, 0.29) is 19.1 Å². The van der Waals surface area contributed by atoms with E-state index in [9.17, 15) is 4.79 Å². The molecule has 1 fully saturated rings. The molecule has 0 saturated carbocycles. The first-order valence-corrected chi connectivity index (χ1v) is 5.10. The van der Waals surface area contributed by atoms with Crippen molar-refractivity contribution in [1.29, 1.82) is 0 Å². The number of carboxylic acids is 1. The standard InChI is InChI=1S/C7H8N2O4S/c1-14-6-9-8-4(13-6)7(5(10)11)2-12-3-7/h2-3H2,1H3,(H,10,11). The molecule has 2 rings (SSSR count). The fourth-order valence-electron chi connectivity index (χ4n) is 1.13. The Kier molecular flexibility index (Phi) is 2.20. The van der Waals surface area contributed by atoms with Crippen LogP contribution in [0.5, 0.6) is 0 Å². The van der Waals surface area contributed by atoms with Gasteiger partial charge in [-0.05, 0) is 6.26 Å². The molecule has 0 amide bonds. The van der Waals surface area contributed by atoms with E-state index >= 15 is 0 Å². The quantitative estimate of drug-likeness (QED) is 0.719. The number of rotatable bonds is 3. The molecule has 2 heterocycles. The van der Waals surface area contributed by atoms with E-state index in [1.165, 1.54) is 11.8 Å². The minimum Gasteiger partial charge on any atom is -0.480 e. The Morgan fingerprint density at radius 2 is 2.29 bits per heavy atom. The van der Waals surface area contributed by atoms with Crippen LogP contribution in [0.4, 0.5) is 0 Å². The number of aliphatic carboxylic acids is 1. The zero-order valence-corrected chi connectivity index (χ0v) is 8.21. The molecular formula is C7H8N2O4S. The summed E-state index contributed by atoms with van der Waals surface area (Å²) in [5.74, 6) is -0.861. The number of ether oxygens (including phenoxy) is 1. The number of thioether (sulfide) groups is 1. The van der Waals surface area contributed by atoms with Crippen molar-refractivity contribution < 1.29 is 19.1 Å². The Labute approximate surface area is 83.6 Å². The second-order valence-corrected chi connectivity index (χ2v) is 3.71. The summed E-state index contributed by atoms with van der Waals surface area (Å²) in [6.07, 6.45) is 1.78. The average Bonchev–Trinajstić information content (AvgIpc) is 2.50. The van der Waals surface area contributed by atoms with Crippen LogP contribution < -0.4 is 0 Å². The monoisotopic (exact) mass is 216 g/mol. The van der Waals surface area contributed by atoms with E-state index in [2.05, 4.69) is 10.2 Å². The van der Waals surface area contributed by atoms with Crippen LogP contribution in [0.25, 0.3) is 0 Å². The molecule has 1 aliphatic heterocycles. The summed E-state index contributed by atoms with van der Waals surface area (Å²) in [6.45, 7) is 0.191. The summed E-state index contributed by atoms with van der Waals surface area (Å²) >= 11 is 1.28. The molecule has 0 unspecified atom stereocenters. The number of carbonyl (C=O) groups is 1. The zero-order chi connectivity index (χ0) is 10.2. The Balaban J connectivity index is 2.32. The Morgan fingerprint density at radius 1 is 1.57 bits per heavy atom. The van der Waals surface area contributed by atoms with E-state index in [0.717, 1.165) is 0 Å². The highest BCUT2D eigenvalue weighted by molar-refractivity contribution is 7.98. The number of nitrogens with zero attached hydrogens (tertiary/aromatic N) is 2. The molecule has 6 nitrogen and oxygen atoms in total. The highest BCUT2D eigenvalue weighted by Crippen LogP contribution is 2.32. The molecule has 14 heavy (non-hydrogen) atoms. The predicted octanol–water partition coefficient (Wildman–Crippen LogP) is 0.144. The summed E-state index contributed by atoms with van der Waals surface area (Å²) in [7, 11) is 0. The lowest BCUT2D eigenvalue weighted by molar-refractivity contribution is -0.166. The maximum Gasteiger partial charge on any atom is 0.324 e. The lowest BCUT2D eigenvalue weighted by Crippen LogP contribution is -2.53. The fraction of sp³-hybridized carbons (Fsp3) is 0.571. The first kappa shape index (κ1) is 9.47. The first-order valence-electron chi connectivity index (χ1n) is 3.88. The van der Waals surface area contributed by atoms with Gasteiger partial charge in [-0.3, -0.25) is 4.79 Å². The van der Waals surface area contributed by atoms with E-state index < -0.39 is 11.4 Å². The highest BCUT2D eigenvalue weighted by atomic mass is 32.2. The van der Waals surface area contributed by atoms with E-state index in [1.54, 1.807) is 6.26 Å². The summed E-state index contributed by atoms with van der Waals surface area (Å²) in [4.78, 5) is 11.0. The fourth-order valence-corrected chi connectivity index (χ4v) is 1.42. The molecule has 0 bridgehead atoms. The minimum atomic E-state index is -1.12. The molecule has 0 atom stereocenters. The van der Waals surface area contributed by atoms with Gasteiger partial charge in [-0.15, -0.1) is 10.2 Å². The topological polar surface area (TPSA) is 85.5 Å². The lowest BCUT2D eigenvalue weighted by atomic mass is 9.86. The Bertz CT molecular complexity index is 360. The lowest BCUT2D eigenvalue weighted by Gasteiger charge is -2.33. The molecule has 0 radical (unpaired) electrons. The number of hydrogen-bond acceptors (Lipinski definition) is 6. The maximum atomic E-state index is 11.0. The van der Waals surface area contributed by atoms with Crippen LogP contribution in [0.15, 0.2) is 9.64 Å². The van der Waals surface area contributed by atoms with Gasteiger partial charge in [0.1, 0.15) is 0 Å². The summed E-state index contributed by atoms with van der Waals surface area (Å²) in [6, 6.07) is 0. The average molecular weight is 216 g/mol. The molecule has 0 aliphatic carbocycles. The van der Waals surface area contributed by atoms with Crippen LogP contribution in [0, 0.1) is 0 Å². The molecule has 7 heteroatoms. The van der Waals surface area contributed by atoms with Crippen molar-refractivity contribution in [3.8, 4) is 0 Å². The van der Waals surface area contributed by atoms with Gasteiger partial charge in [0.15, 0.2) is 5.41 Å². The number of carboxylic acid groups (broad SMARTS) is 1. The van der Waals surface area contributed by atoms with Gasteiger partial charge >= 0.3 is 5.97 Å². The second kappa shape index (κ2) is 3.25. The molecular weight excluding hydrogens is 208 g/mol. The molecule has 1 N–H and O–H groups in total. The Morgan fingerprint density at radius 3 is 2.64 bits per heavy atom. The third kappa shape index (κ3) is 1.20. The summed E-state index contributed by atoms with van der Waals surface area (Å²) in [5.41, 5.74) is -1.12. The maximum absolute atomic E-state index is 11.0. The van der Waals surface area contributed by atoms with Gasteiger partial charge in [0.25, 0.3) is 5.22 Å². The van der Waals surface area contributed by atoms with Gasteiger partial charge in [-0.25, -0.2) is 0 Å². The van der Waals surface area contributed by atoms with Crippen molar-refractivity contribution in [2.24, 2.45) is 0 Å². The molecule has 1 aliphatic rings. The minimum absolute atomic E-state index is 0.0956. The normalized spacial score (nSPS) is 18.9. The second-order valence-electron chi connectivity index (χ2n) is 2.96. The van der Waals surface area contributed by atoms with Crippen LogP contribution in [0.3, 0.4) is 0 Å². The van der Waals surface area contributed by atoms with Gasteiger partial charge in [0.2, 0.25) is 5.89 Å². The number of hydrogen-bond donors (Lipinski definition) is 1. The molecule has 0 aromatic carbocycles. The van der Waals surface area contributed by atoms with Crippen molar-refractivity contribution in [2.75, 3.05) is 19.5 Å². The highest BCUT2D eigenvalue weighted by Gasteiger charge is 2.52. The van der Waals surface area contributed by atoms with Crippen LogP contribution in [0.2, 0.25) is 0 Å². The molecule has 1 aromatic rings. The van der Waals surface area contributed by atoms with Crippen molar-refractivity contribution in [1.82, 2.24) is 10.2 Å². The molecule has 1 saturated heterocycles. The number of aromatic nitrogens is 2. The molecule has 1 aromatic heterocycles. The SMILES string of the molecule is CSc1nnc(C2(C(=O)O)COC2)o1. The molecule has 0 spiro atoms. The van der Waals surface area contributed by atoms with Crippen molar-refractivity contribution in [2.45, 2.75) is 10.6 Å². The van der Waals surface area contributed by atoms with Crippen molar-refractivity contribution >= 4 is 17.7 Å². The predicted molar refractivity (Wildman–Crippen MR) is 46.2 cm³/mol. The summed E-state index contributed by atoms with van der Waals surface area (Å²) in [5, 5.41) is 16.8. The van der Waals surface area contributed by atoms with E-state index in [4.69, 9.17) is 14.3 Å². The molecule has 76 valence electrons. The third-order valence-corrected chi connectivity index (χ3v) is 2.61. The van der Waals surface area contributed by atoms with Crippen molar-refractivity contribution in [3.63, 3.8) is 0 Å². The largest absolute Gasteiger partial charge is 0.480 e. The zero-order valence-electron chi connectivity index (χ0n) is 7.39. The van der Waals surface area contributed by atoms with Crippen LogP contribution >= 0.6 is 11.8 Å². The van der Waals surface area contributed by atoms with Crippen LogP contribution in [-0.2, 0) is 14.9 Å². The van der Waals surface area contributed by atoms with Gasteiger partial charge in [0, 0.05) is 0 Å².